The van der Waals surface area contributed by atoms with Crippen molar-refractivity contribution >= 4 is 55.8 Å². The number of rotatable bonds is 11. The first kappa shape index (κ1) is 30.3. The highest BCUT2D eigenvalue weighted by atomic mass is 79.9. The van der Waals surface area contributed by atoms with Crippen LogP contribution in [0.3, 0.4) is 0 Å². The molecule has 214 valence electrons. The van der Waals surface area contributed by atoms with Crippen molar-refractivity contribution in [3.05, 3.63) is 91.6 Å². The molecule has 0 aliphatic carbocycles. The zero-order valence-electron chi connectivity index (χ0n) is 22.3. The number of ether oxygens (including phenoxy) is 3. The van der Waals surface area contributed by atoms with Crippen molar-refractivity contribution in [2.45, 2.75) is 33.4 Å². The van der Waals surface area contributed by atoms with Gasteiger partial charge >= 0.3 is 6.03 Å². The van der Waals surface area contributed by atoms with E-state index in [9.17, 15) is 18.8 Å². The molecule has 0 unspecified atom stereocenters. The molecule has 0 radical (unpaired) electrons. The SMILES string of the molecule is CCCOc1ccc(CN2C(=O)NC(=O)/C(=C\c3cc(Br)c(OCc4ccccc4F)c(Br)c3)C2=O)cc1OCC. The standard InChI is InChI=1S/C30H27Br2FN2O6/c1-3-11-40-25-10-9-18(15-26(25)39-4-2)16-35-29(37)21(28(36)34-30(35)38)12-19-13-22(31)27(23(32)14-19)41-17-20-7-5-6-8-24(20)33/h5-10,12-15H,3-4,11,16-17H2,1-2H3,(H,34,36,38)/b21-12+. The molecule has 3 aromatic rings. The molecule has 1 heterocycles. The summed E-state index contributed by atoms with van der Waals surface area (Å²) in [5.74, 6) is -0.431. The second kappa shape index (κ2) is 13.8. The fourth-order valence-electron chi connectivity index (χ4n) is 4.00. The van der Waals surface area contributed by atoms with Crippen LogP contribution in [0.25, 0.3) is 6.08 Å². The van der Waals surface area contributed by atoms with E-state index in [1.807, 2.05) is 13.8 Å². The van der Waals surface area contributed by atoms with Crippen molar-refractivity contribution in [3.63, 3.8) is 0 Å². The molecular formula is C30H27Br2FN2O6. The topological polar surface area (TPSA) is 94.2 Å². The molecule has 0 bridgehead atoms. The van der Waals surface area contributed by atoms with E-state index < -0.39 is 17.8 Å². The normalized spacial score (nSPS) is 14.3. The molecular weight excluding hydrogens is 663 g/mol. The van der Waals surface area contributed by atoms with Gasteiger partial charge in [0.15, 0.2) is 11.5 Å². The number of benzene rings is 3. The summed E-state index contributed by atoms with van der Waals surface area (Å²) in [6.07, 6.45) is 2.22. The highest BCUT2D eigenvalue weighted by Crippen LogP contribution is 2.36. The zero-order valence-corrected chi connectivity index (χ0v) is 25.5. The summed E-state index contributed by atoms with van der Waals surface area (Å²) in [5.41, 5.74) is 1.29. The first-order chi connectivity index (χ1) is 19.7. The van der Waals surface area contributed by atoms with E-state index in [0.29, 0.717) is 56.1 Å². The summed E-state index contributed by atoms with van der Waals surface area (Å²) in [6, 6.07) is 14.0. The van der Waals surface area contributed by atoms with Crippen LogP contribution in [0.2, 0.25) is 0 Å². The molecule has 3 aromatic carbocycles. The van der Waals surface area contributed by atoms with E-state index in [2.05, 4.69) is 37.2 Å². The van der Waals surface area contributed by atoms with E-state index in [0.717, 1.165) is 11.3 Å². The van der Waals surface area contributed by atoms with Crippen molar-refractivity contribution in [2.24, 2.45) is 0 Å². The van der Waals surface area contributed by atoms with Gasteiger partial charge < -0.3 is 14.2 Å². The van der Waals surface area contributed by atoms with Crippen molar-refractivity contribution in [1.82, 2.24) is 10.2 Å². The molecule has 0 aromatic heterocycles. The lowest BCUT2D eigenvalue weighted by Crippen LogP contribution is -2.53. The van der Waals surface area contributed by atoms with Crippen LogP contribution in [0.5, 0.6) is 17.2 Å². The number of barbiturate groups is 1. The van der Waals surface area contributed by atoms with Gasteiger partial charge in [-0.2, -0.15) is 0 Å². The van der Waals surface area contributed by atoms with Gasteiger partial charge in [-0.1, -0.05) is 31.2 Å². The molecule has 4 amide bonds. The number of nitrogens with zero attached hydrogens (tertiary/aromatic N) is 1. The van der Waals surface area contributed by atoms with Gasteiger partial charge in [-0.25, -0.2) is 9.18 Å². The minimum Gasteiger partial charge on any atom is -0.490 e. The Hall–Kier alpha value is -3.70. The average molecular weight is 690 g/mol. The van der Waals surface area contributed by atoms with Crippen LogP contribution in [0.1, 0.15) is 37.0 Å². The van der Waals surface area contributed by atoms with Gasteiger partial charge in [-0.15, -0.1) is 0 Å². The van der Waals surface area contributed by atoms with E-state index in [1.165, 1.54) is 12.1 Å². The molecule has 11 heteroatoms. The van der Waals surface area contributed by atoms with E-state index in [4.69, 9.17) is 14.2 Å². The number of hydrogen-bond donors (Lipinski definition) is 1. The smallest absolute Gasteiger partial charge is 0.331 e. The molecule has 41 heavy (non-hydrogen) atoms. The van der Waals surface area contributed by atoms with E-state index in [1.54, 1.807) is 48.5 Å². The summed E-state index contributed by atoms with van der Waals surface area (Å²) in [4.78, 5) is 39.6. The van der Waals surface area contributed by atoms with E-state index in [-0.39, 0.29) is 24.5 Å². The third-order valence-corrected chi connectivity index (χ3v) is 7.14. The number of urea groups is 1. The molecule has 4 rings (SSSR count). The van der Waals surface area contributed by atoms with E-state index >= 15 is 0 Å². The van der Waals surface area contributed by atoms with Gasteiger partial charge in [0.25, 0.3) is 11.8 Å². The van der Waals surface area contributed by atoms with Crippen molar-refractivity contribution in [1.29, 1.82) is 0 Å². The first-order valence-electron chi connectivity index (χ1n) is 12.8. The van der Waals surface area contributed by atoms with Crippen molar-refractivity contribution in [2.75, 3.05) is 13.2 Å². The Balaban J connectivity index is 1.55. The number of carbonyl (C=O) groups is 3. The second-order valence-corrected chi connectivity index (χ2v) is 10.7. The van der Waals surface area contributed by atoms with Crippen LogP contribution in [-0.4, -0.2) is 36.0 Å². The molecule has 8 nitrogen and oxygen atoms in total. The zero-order chi connectivity index (χ0) is 29.5. The molecule has 1 aliphatic heterocycles. The maximum atomic E-state index is 14.0. The lowest BCUT2D eigenvalue weighted by atomic mass is 10.1. The van der Waals surface area contributed by atoms with Crippen molar-refractivity contribution < 1.29 is 33.0 Å². The van der Waals surface area contributed by atoms with Crippen LogP contribution in [0.15, 0.2) is 69.1 Å². The lowest BCUT2D eigenvalue weighted by Gasteiger charge is -2.26. The van der Waals surface area contributed by atoms with Crippen LogP contribution in [0, 0.1) is 5.82 Å². The number of nitrogens with one attached hydrogen (secondary N) is 1. The molecule has 1 aliphatic rings. The largest absolute Gasteiger partial charge is 0.490 e. The first-order valence-corrected chi connectivity index (χ1v) is 14.4. The molecule has 0 atom stereocenters. The number of halogens is 3. The fraction of sp³-hybridized carbons (Fsp3) is 0.233. The maximum absolute atomic E-state index is 14.0. The molecule has 0 saturated carbocycles. The summed E-state index contributed by atoms with van der Waals surface area (Å²) in [6.45, 7) is 4.69. The number of imide groups is 2. The fourth-order valence-corrected chi connectivity index (χ4v) is 5.45. The van der Waals surface area contributed by atoms with Gasteiger partial charge in [-0.3, -0.25) is 19.8 Å². The third kappa shape index (κ3) is 7.34. The molecule has 1 fully saturated rings. The van der Waals surface area contributed by atoms with Crippen molar-refractivity contribution in [3.8, 4) is 17.2 Å². The minimum atomic E-state index is -0.819. The summed E-state index contributed by atoms with van der Waals surface area (Å²) in [5, 5.41) is 2.23. The highest BCUT2D eigenvalue weighted by molar-refractivity contribution is 9.11. The maximum Gasteiger partial charge on any atom is 0.331 e. The Labute approximate surface area is 253 Å². The van der Waals surface area contributed by atoms with Crippen LogP contribution < -0.4 is 19.5 Å². The summed E-state index contributed by atoms with van der Waals surface area (Å²) < 4.78 is 32.2. The highest BCUT2D eigenvalue weighted by Gasteiger charge is 2.36. The van der Waals surface area contributed by atoms with Gasteiger partial charge in [-0.05, 0) is 92.7 Å². The average Bonchev–Trinajstić information content (AvgIpc) is 2.93. The molecule has 1 saturated heterocycles. The second-order valence-electron chi connectivity index (χ2n) is 8.96. The van der Waals surface area contributed by atoms with Crippen LogP contribution in [0.4, 0.5) is 9.18 Å². The Morgan fingerprint density at radius 2 is 1.66 bits per heavy atom. The van der Waals surface area contributed by atoms with Gasteiger partial charge in [0.1, 0.15) is 23.7 Å². The lowest BCUT2D eigenvalue weighted by molar-refractivity contribution is -0.130. The van der Waals surface area contributed by atoms with Crippen LogP contribution in [-0.2, 0) is 22.7 Å². The number of carbonyl (C=O) groups excluding carboxylic acids is 3. The monoisotopic (exact) mass is 688 g/mol. The molecule has 0 spiro atoms. The summed E-state index contributed by atoms with van der Waals surface area (Å²) in [7, 11) is 0. The van der Waals surface area contributed by atoms with Gasteiger partial charge in [0.2, 0.25) is 0 Å². The van der Waals surface area contributed by atoms with Crippen LogP contribution >= 0.6 is 31.9 Å². The Bertz CT molecular complexity index is 1490. The summed E-state index contributed by atoms with van der Waals surface area (Å²) >= 11 is 6.88. The quantitative estimate of drug-likeness (QED) is 0.176. The van der Waals surface area contributed by atoms with Gasteiger partial charge in [0, 0.05) is 5.56 Å². The number of hydrogen-bond acceptors (Lipinski definition) is 6. The Morgan fingerprint density at radius 3 is 2.34 bits per heavy atom. The van der Waals surface area contributed by atoms with Gasteiger partial charge in [0.05, 0.1) is 28.7 Å². The Kier molecular flexibility index (Phi) is 10.2. The Morgan fingerprint density at radius 1 is 0.927 bits per heavy atom. The predicted octanol–water partition coefficient (Wildman–Crippen LogP) is 6.78. The minimum absolute atomic E-state index is 0.00100. The number of amides is 4. The predicted molar refractivity (Wildman–Crippen MR) is 158 cm³/mol. The molecule has 1 N–H and O–H groups in total. The third-order valence-electron chi connectivity index (χ3n) is 5.96.